The van der Waals surface area contributed by atoms with Crippen molar-refractivity contribution in [2.24, 2.45) is 16.3 Å². The molecule has 0 saturated carbocycles. The molecular weight excluding hydrogens is 432 g/mol. The number of hydrogen-bond acceptors (Lipinski definition) is 7. The number of anilines is 1. The summed E-state index contributed by atoms with van der Waals surface area (Å²) in [7, 11) is -3.86. The molecule has 4 rings (SSSR count). The zero-order chi connectivity index (χ0) is 22.6. The van der Waals surface area contributed by atoms with Crippen LogP contribution in [-0.2, 0) is 14.8 Å². The molecule has 0 amide bonds. The fraction of sp³-hybridized carbons (Fsp3) is 0.273. The van der Waals surface area contributed by atoms with Gasteiger partial charge in [0.25, 0.3) is 0 Å². The van der Waals surface area contributed by atoms with Crippen LogP contribution in [0.5, 0.6) is 0 Å². The highest BCUT2D eigenvalue weighted by molar-refractivity contribution is 7.89. The molecular formula is C22H22N4O3S2. The lowest BCUT2D eigenvalue weighted by molar-refractivity contribution is -0.118. The monoisotopic (exact) mass is 454 g/mol. The van der Waals surface area contributed by atoms with Crippen molar-refractivity contribution in [3.05, 3.63) is 70.0 Å². The average molecular weight is 455 g/mol. The maximum Gasteiger partial charge on any atom is 0.238 e. The van der Waals surface area contributed by atoms with Crippen LogP contribution >= 0.6 is 11.3 Å². The van der Waals surface area contributed by atoms with Crippen LogP contribution < -0.4 is 15.8 Å². The molecule has 1 aromatic carbocycles. The molecule has 1 aromatic heterocycles. The van der Waals surface area contributed by atoms with Gasteiger partial charge in [-0.05, 0) is 47.0 Å². The highest BCUT2D eigenvalue weighted by Crippen LogP contribution is 2.50. The Morgan fingerprint density at radius 2 is 1.87 bits per heavy atom. The van der Waals surface area contributed by atoms with E-state index < -0.39 is 15.9 Å². The van der Waals surface area contributed by atoms with Gasteiger partial charge >= 0.3 is 0 Å². The second kappa shape index (κ2) is 7.34. The van der Waals surface area contributed by atoms with Crippen molar-refractivity contribution in [1.29, 1.82) is 5.26 Å². The number of ketones is 1. The number of hydrogen-bond donors (Lipinski definition) is 2. The zero-order valence-electron chi connectivity index (χ0n) is 17.1. The van der Waals surface area contributed by atoms with Gasteiger partial charge in [0.05, 0.1) is 22.5 Å². The van der Waals surface area contributed by atoms with E-state index in [9.17, 15) is 18.5 Å². The molecule has 4 N–H and O–H groups in total. The third kappa shape index (κ3) is 3.67. The molecule has 1 atom stereocenters. The number of nitrogens with zero attached hydrogens (tertiary/aromatic N) is 2. The van der Waals surface area contributed by atoms with Gasteiger partial charge in [-0.2, -0.15) is 5.26 Å². The molecule has 0 spiro atoms. The van der Waals surface area contributed by atoms with Crippen LogP contribution in [0.25, 0.3) is 0 Å². The Bertz CT molecular complexity index is 1270. The van der Waals surface area contributed by atoms with Crippen LogP contribution in [0.1, 0.15) is 38.2 Å². The van der Waals surface area contributed by atoms with Gasteiger partial charge in [0.15, 0.2) is 5.78 Å². The Morgan fingerprint density at radius 1 is 1.19 bits per heavy atom. The van der Waals surface area contributed by atoms with Crippen LogP contribution in [0.3, 0.4) is 0 Å². The summed E-state index contributed by atoms with van der Waals surface area (Å²) in [5.74, 6) is -0.405. The minimum absolute atomic E-state index is 0.0337. The summed E-state index contributed by atoms with van der Waals surface area (Å²) in [4.78, 5) is 15.2. The Labute approximate surface area is 185 Å². The number of thiophene rings is 1. The number of sulfonamides is 1. The molecule has 9 heteroatoms. The average Bonchev–Trinajstić information content (AvgIpc) is 3.19. The number of rotatable bonds is 3. The van der Waals surface area contributed by atoms with E-state index in [-0.39, 0.29) is 27.5 Å². The van der Waals surface area contributed by atoms with Crippen molar-refractivity contribution in [3.63, 3.8) is 0 Å². The lowest BCUT2D eigenvalue weighted by Gasteiger charge is -2.43. The standard InChI is InChI=1S/C22H22N4O3S2/c1-22(2)10-16-20(17(27)11-22)19(13-5-7-14(8-6-13)31(25,28)29)15(12-23)21(24)26(16)18-4-3-9-30-18/h3-9,19H,10-11,24H2,1-2H3,(H2,25,28,29). The first kappa shape index (κ1) is 21.3. The number of benzene rings is 1. The van der Waals surface area contributed by atoms with Gasteiger partial charge in [0.2, 0.25) is 10.0 Å². The molecule has 0 saturated heterocycles. The second-order valence-corrected chi connectivity index (χ2v) is 11.0. The third-order valence-electron chi connectivity index (χ3n) is 5.65. The predicted octanol–water partition coefficient (Wildman–Crippen LogP) is 3.34. The van der Waals surface area contributed by atoms with Gasteiger partial charge in [-0.1, -0.05) is 26.0 Å². The van der Waals surface area contributed by atoms with Crippen LogP contribution in [0.2, 0.25) is 0 Å². The number of nitrogens with two attached hydrogens (primary N) is 2. The molecule has 1 unspecified atom stereocenters. The summed E-state index contributed by atoms with van der Waals surface area (Å²) in [6, 6.07) is 12.0. The van der Waals surface area contributed by atoms with E-state index in [1.807, 2.05) is 36.3 Å². The van der Waals surface area contributed by atoms with Gasteiger partial charge in [-0.25, -0.2) is 13.6 Å². The highest BCUT2D eigenvalue weighted by atomic mass is 32.2. The third-order valence-corrected chi connectivity index (χ3v) is 7.43. The Balaban J connectivity index is 1.95. The fourth-order valence-corrected chi connectivity index (χ4v) is 5.62. The molecule has 0 radical (unpaired) electrons. The van der Waals surface area contributed by atoms with Gasteiger partial charge in [-0.3, -0.25) is 9.69 Å². The smallest absolute Gasteiger partial charge is 0.238 e. The van der Waals surface area contributed by atoms with Crippen LogP contribution in [0.15, 0.2) is 69.3 Å². The summed E-state index contributed by atoms with van der Waals surface area (Å²) < 4.78 is 23.3. The van der Waals surface area contributed by atoms with E-state index in [0.29, 0.717) is 24.0 Å². The van der Waals surface area contributed by atoms with Crippen LogP contribution in [0.4, 0.5) is 5.00 Å². The predicted molar refractivity (Wildman–Crippen MR) is 119 cm³/mol. The van der Waals surface area contributed by atoms with Crippen molar-refractivity contribution in [2.45, 2.75) is 37.5 Å². The first-order chi connectivity index (χ1) is 14.5. The Hall–Kier alpha value is -2.93. The van der Waals surface area contributed by atoms with E-state index in [1.54, 1.807) is 12.1 Å². The number of carbonyl (C=O) groups excluding carboxylic acids is 1. The van der Waals surface area contributed by atoms with E-state index >= 15 is 0 Å². The molecule has 0 bridgehead atoms. The molecule has 160 valence electrons. The molecule has 2 aliphatic rings. The summed E-state index contributed by atoms with van der Waals surface area (Å²) in [5.41, 5.74) is 8.50. The second-order valence-electron chi connectivity index (χ2n) is 8.55. The largest absolute Gasteiger partial charge is 0.384 e. The van der Waals surface area contributed by atoms with Crippen molar-refractivity contribution < 1.29 is 13.2 Å². The fourth-order valence-electron chi connectivity index (χ4n) is 4.34. The van der Waals surface area contributed by atoms with Crippen molar-refractivity contribution in [3.8, 4) is 6.07 Å². The molecule has 7 nitrogen and oxygen atoms in total. The molecule has 2 aromatic rings. The Kier molecular flexibility index (Phi) is 5.04. The van der Waals surface area contributed by atoms with E-state index in [2.05, 4.69) is 6.07 Å². The summed E-state index contributed by atoms with van der Waals surface area (Å²) in [6.45, 7) is 4.08. The van der Waals surface area contributed by atoms with E-state index in [0.717, 1.165) is 10.7 Å². The minimum atomic E-state index is -3.86. The van der Waals surface area contributed by atoms with Crippen molar-refractivity contribution >= 4 is 32.1 Å². The number of allylic oxidation sites excluding steroid dienone is 3. The van der Waals surface area contributed by atoms with Gasteiger partial charge in [0, 0.05) is 17.7 Å². The maximum absolute atomic E-state index is 13.4. The van der Waals surface area contributed by atoms with Crippen LogP contribution in [0, 0.1) is 16.7 Å². The number of Topliss-reactive ketones (excluding diaryl/α,β-unsaturated/α-hetero) is 1. The summed E-state index contributed by atoms with van der Waals surface area (Å²) in [5, 5.41) is 18.0. The Morgan fingerprint density at radius 3 is 2.42 bits per heavy atom. The molecule has 1 aliphatic carbocycles. The number of nitriles is 1. The molecule has 31 heavy (non-hydrogen) atoms. The van der Waals surface area contributed by atoms with Crippen LogP contribution in [-0.4, -0.2) is 14.2 Å². The zero-order valence-corrected chi connectivity index (χ0v) is 18.8. The van der Waals surface area contributed by atoms with E-state index in [1.165, 1.54) is 23.5 Å². The maximum atomic E-state index is 13.4. The molecule has 2 heterocycles. The van der Waals surface area contributed by atoms with Gasteiger partial charge in [-0.15, -0.1) is 11.3 Å². The first-order valence-electron chi connectivity index (χ1n) is 9.66. The SMILES string of the molecule is CC1(C)CC(=O)C2=C(C1)N(c1cccs1)C(N)=C(C#N)C2c1ccc(S(N)(=O)=O)cc1. The first-order valence-corrected chi connectivity index (χ1v) is 12.1. The summed E-state index contributed by atoms with van der Waals surface area (Å²) in [6.07, 6.45) is 0.978. The normalized spacial score (nSPS) is 21.2. The van der Waals surface area contributed by atoms with E-state index in [4.69, 9.17) is 10.9 Å². The number of carbonyl (C=O) groups is 1. The topological polar surface area (TPSA) is 130 Å². The van der Waals surface area contributed by atoms with Gasteiger partial charge < -0.3 is 5.73 Å². The lowest BCUT2D eigenvalue weighted by atomic mass is 9.68. The van der Waals surface area contributed by atoms with Gasteiger partial charge in [0.1, 0.15) is 10.8 Å². The number of primary sulfonamides is 1. The van der Waals surface area contributed by atoms with Crippen molar-refractivity contribution in [2.75, 3.05) is 4.90 Å². The summed E-state index contributed by atoms with van der Waals surface area (Å²) >= 11 is 1.48. The minimum Gasteiger partial charge on any atom is -0.384 e. The quantitative estimate of drug-likeness (QED) is 0.731. The lowest BCUT2D eigenvalue weighted by Crippen LogP contribution is -2.41. The molecule has 0 fully saturated rings. The van der Waals surface area contributed by atoms with Crippen molar-refractivity contribution in [1.82, 2.24) is 0 Å². The molecule has 1 aliphatic heterocycles. The highest BCUT2D eigenvalue weighted by Gasteiger charge is 2.44.